The molecule has 1 heterocycles. The van der Waals surface area contributed by atoms with Gasteiger partial charge in [-0.3, -0.25) is 0 Å². The van der Waals surface area contributed by atoms with Gasteiger partial charge in [-0.05, 0) is 24.5 Å². The average Bonchev–Trinajstić information content (AvgIpc) is 2.86. The molecular formula is C12H17BrN2O2S. The van der Waals surface area contributed by atoms with Gasteiger partial charge in [0.05, 0.1) is 0 Å². The van der Waals surface area contributed by atoms with Gasteiger partial charge in [0, 0.05) is 31.2 Å². The summed E-state index contributed by atoms with van der Waals surface area (Å²) < 4.78 is 28.5. The van der Waals surface area contributed by atoms with Gasteiger partial charge in [-0.15, -0.1) is 0 Å². The van der Waals surface area contributed by atoms with Crippen LogP contribution in [0.25, 0.3) is 0 Å². The van der Waals surface area contributed by atoms with Crippen LogP contribution in [-0.2, 0) is 16.8 Å². The molecule has 0 atom stereocenters. The Kier molecular flexibility index (Phi) is 4.42. The van der Waals surface area contributed by atoms with Crippen molar-refractivity contribution in [1.82, 2.24) is 8.61 Å². The van der Waals surface area contributed by atoms with Crippen molar-refractivity contribution in [3.05, 3.63) is 34.3 Å². The van der Waals surface area contributed by atoms with E-state index in [9.17, 15) is 8.42 Å². The molecule has 0 amide bonds. The molecule has 2 rings (SSSR count). The molecule has 18 heavy (non-hydrogen) atoms. The number of hydrogen-bond acceptors (Lipinski definition) is 2. The van der Waals surface area contributed by atoms with Crippen LogP contribution in [-0.4, -0.2) is 37.2 Å². The first-order valence-electron chi connectivity index (χ1n) is 5.96. The lowest BCUT2D eigenvalue weighted by Crippen LogP contribution is -2.39. The van der Waals surface area contributed by atoms with E-state index in [4.69, 9.17) is 0 Å². The smallest absolute Gasteiger partial charge is 0.195 e. The van der Waals surface area contributed by atoms with Crippen molar-refractivity contribution in [1.29, 1.82) is 0 Å². The van der Waals surface area contributed by atoms with E-state index >= 15 is 0 Å². The van der Waals surface area contributed by atoms with E-state index in [1.54, 1.807) is 11.4 Å². The number of benzene rings is 1. The number of hydrogen-bond donors (Lipinski definition) is 0. The van der Waals surface area contributed by atoms with Crippen molar-refractivity contribution in [2.75, 3.05) is 20.1 Å². The van der Waals surface area contributed by atoms with Crippen LogP contribution < -0.4 is 0 Å². The second-order valence-electron chi connectivity index (χ2n) is 4.46. The molecule has 0 radical (unpaired) electrons. The lowest BCUT2D eigenvalue weighted by molar-refractivity contribution is 0.391. The van der Waals surface area contributed by atoms with Crippen molar-refractivity contribution < 1.29 is 8.42 Å². The highest BCUT2D eigenvalue weighted by Gasteiger charge is 2.29. The minimum absolute atomic E-state index is 0.389. The van der Waals surface area contributed by atoms with E-state index in [1.165, 1.54) is 4.31 Å². The average molecular weight is 333 g/mol. The second kappa shape index (κ2) is 5.69. The molecule has 4 nitrogen and oxygen atoms in total. The molecule has 0 spiro atoms. The summed E-state index contributed by atoms with van der Waals surface area (Å²) in [7, 11) is -1.68. The normalized spacial score (nSPS) is 17.5. The van der Waals surface area contributed by atoms with E-state index in [0.29, 0.717) is 19.6 Å². The van der Waals surface area contributed by atoms with E-state index in [0.717, 1.165) is 22.9 Å². The van der Waals surface area contributed by atoms with Crippen molar-refractivity contribution >= 4 is 26.1 Å². The molecule has 0 saturated carbocycles. The summed E-state index contributed by atoms with van der Waals surface area (Å²) in [5.41, 5.74) is 0.975. The first-order valence-corrected chi connectivity index (χ1v) is 8.15. The topological polar surface area (TPSA) is 40.6 Å². The van der Waals surface area contributed by atoms with E-state index in [1.807, 2.05) is 24.3 Å². The molecule has 100 valence electrons. The molecule has 1 aliphatic rings. The Morgan fingerprint density at radius 1 is 1.28 bits per heavy atom. The Morgan fingerprint density at radius 2 is 1.89 bits per heavy atom. The van der Waals surface area contributed by atoms with Gasteiger partial charge in [-0.25, -0.2) is 0 Å². The third-order valence-electron chi connectivity index (χ3n) is 3.14. The molecule has 1 aliphatic heterocycles. The zero-order valence-corrected chi connectivity index (χ0v) is 12.7. The van der Waals surface area contributed by atoms with Crippen LogP contribution in [0.5, 0.6) is 0 Å². The summed E-state index contributed by atoms with van der Waals surface area (Å²) in [4.78, 5) is 0. The van der Waals surface area contributed by atoms with Crippen molar-refractivity contribution in [3.63, 3.8) is 0 Å². The standard InChI is InChI=1S/C12H17BrN2O2S/c1-14(10-11-6-2-3-7-12(11)13)18(16,17)15-8-4-5-9-15/h2-3,6-7H,4-5,8-10H2,1H3. The predicted molar refractivity (Wildman–Crippen MR) is 75.3 cm³/mol. The van der Waals surface area contributed by atoms with Crippen LogP contribution >= 0.6 is 15.9 Å². The molecule has 0 bridgehead atoms. The minimum atomic E-state index is -3.31. The van der Waals surface area contributed by atoms with Crippen LogP contribution in [0.1, 0.15) is 18.4 Å². The molecular weight excluding hydrogens is 316 g/mol. The maximum atomic E-state index is 12.3. The summed E-state index contributed by atoms with van der Waals surface area (Å²) in [6, 6.07) is 7.69. The van der Waals surface area contributed by atoms with Gasteiger partial charge in [0.15, 0.2) is 0 Å². The SMILES string of the molecule is CN(Cc1ccccc1Br)S(=O)(=O)N1CCCC1. The maximum absolute atomic E-state index is 12.3. The fraction of sp³-hybridized carbons (Fsp3) is 0.500. The summed E-state index contributed by atoms with van der Waals surface area (Å²) in [5.74, 6) is 0. The second-order valence-corrected chi connectivity index (χ2v) is 7.35. The Bertz CT molecular complexity index is 513. The van der Waals surface area contributed by atoms with E-state index < -0.39 is 10.2 Å². The molecule has 1 saturated heterocycles. The quantitative estimate of drug-likeness (QED) is 0.848. The number of rotatable bonds is 4. The van der Waals surface area contributed by atoms with Gasteiger partial charge in [0.1, 0.15) is 0 Å². The highest BCUT2D eigenvalue weighted by Crippen LogP contribution is 2.21. The van der Waals surface area contributed by atoms with Crippen LogP contribution in [0.4, 0.5) is 0 Å². The summed E-state index contributed by atoms with van der Waals surface area (Å²) in [6.45, 7) is 1.67. The van der Waals surface area contributed by atoms with Gasteiger partial charge >= 0.3 is 0 Å². The Balaban J connectivity index is 2.12. The van der Waals surface area contributed by atoms with E-state index in [2.05, 4.69) is 15.9 Å². The maximum Gasteiger partial charge on any atom is 0.282 e. The highest BCUT2D eigenvalue weighted by atomic mass is 79.9. The van der Waals surface area contributed by atoms with Crippen molar-refractivity contribution in [2.45, 2.75) is 19.4 Å². The first-order chi connectivity index (χ1) is 8.51. The number of nitrogens with zero attached hydrogens (tertiary/aromatic N) is 2. The lowest BCUT2D eigenvalue weighted by atomic mass is 10.2. The Hall–Kier alpha value is -0.430. The molecule has 0 N–H and O–H groups in total. The molecule has 6 heteroatoms. The van der Waals surface area contributed by atoms with Crippen LogP contribution in [0.3, 0.4) is 0 Å². The van der Waals surface area contributed by atoms with Gasteiger partial charge < -0.3 is 0 Å². The minimum Gasteiger partial charge on any atom is -0.195 e. The lowest BCUT2D eigenvalue weighted by Gasteiger charge is -2.24. The Morgan fingerprint density at radius 3 is 2.50 bits per heavy atom. The first kappa shape index (κ1) is 14.0. The van der Waals surface area contributed by atoms with Gasteiger partial charge in [-0.1, -0.05) is 34.1 Å². The van der Waals surface area contributed by atoms with E-state index in [-0.39, 0.29) is 0 Å². The van der Waals surface area contributed by atoms with Gasteiger partial charge in [-0.2, -0.15) is 17.0 Å². The highest BCUT2D eigenvalue weighted by molar-refractivity contribution is 9.10. The van der Waals surface area contributed by atoms with Crippen LogP contribution in [0, 0.1) is 0 Å². The fourth-order valence-corrected chi connectivity index (χ4v) is 3.89. The molecule has 1 aromatic rings. The zero-order valence-electron chi connectivity index (χ0n) is 10.3. The third-order valence-corrected chi connectivity index (χ3v) is 5.84. The van der Waals surface area contributed by atoms with Crippen molar-refractivity contribution in [2.24, 2.45) is 0 Å². The van der Waals surface area contributed by atoms with Gasteiger partial charge in [0.25, 0.3) is 10.2 Å². The monoisotopic (exact) mass is 332 g/mol. The largest absolute Gasteiger partial charge is 0.282 e. The molecule has 0 unspecified atom stereocenters. The van der Waals surface area contributed by atoms with Crippen molar-refractivity contribution in [3.8, 4) is 0 Å². The molecule has 0 aliphatic carbocycles. The summed E-state index contributed by atoms with van der Waals surface area (Å²) in [5, 5.41) is 0. The zero-order chi connectivity index (χ0) is 13.2. The predicted octanol–water partition coefficient (Wildman–Crippen LogP) is 2.22. The molecule has 1 fully saturated rings. The summed E-state index contributed by atoms with van der Waals surface area (Å²) >= 11 is 3.44. The molecule has 0 aromatic heterocycles. The third kappa shape index (κ3) is 2.93. The fourth-order valence-electron chi connectivity index (χ4n) is 2.06. The molecule has 1 aromatic carbocycles. The summed E-state index contributed by atoms with van der Waals surface area (Å²) in [6.07, 6.45) is 1.92. The van der Waals surface area contributed by atoms with Gasteiger partial charge in [0.2, 0.25) is 0 Å². The van der Waals surface area contributed by atoms with Crippen LogP contribution in [0.2, 0.25) is 0 Å². The van der Waals surface area contributed by atoms with Crippen LogP contribution in [0.15, 0.2) is 28.7 Å². The Labute approximate surface area is 117 Å². The number of halogens is 1.